The predicted octanol–water partition coefficient (Wildman–Crippen LogP) is 9.15. The van der Waals surface area contributed by atoms with E-state index in [4.69, 9.17) is 0 Å². The molecule has 1 atom stereocenters. The maximum Gasteiger partial charge on any atom is 0.320 e. The second kappa shape index (κ2) is 14.8. The van der Waals surface area contributed by atoms with Gasteiger partial charge in [-0.15, -0.1) is 0 Å². The molecule has 42 heavy (non-hydrogen) atoms. The Bertz CT molecular complexity index is 1390. The summed E-state index contributed by atoms with van der Waals surface area (Å²) >= 11 is 0. The number of carbonyl (C=O) groups is 1. The first kappa shape index (κ1) is 31.1. The zero-order chi connectivity index (χ0) is 30.1. The van der Waals surface area contributed by atoms with Crippen molar-refractivity contribution in [3.8, 4) is 11.1 Å². The Labute approximate surface area is 252 Å². The highest BCUT2D eigenvalue weighted by atomic mass is 16.4. The summed E-state index contributed by atoms with van der Waals surface area (Å²) in [5.41, 5.74) is 8.51. The van der Waals surface area contributed by atoms with Gasteiger partial charge in [0, 0.05) is 31.4 Å². The maximum atomic E-state index is 11.8. The molecule has 4 aromatic rings. The van der Waals surface area contributed by atoms with Gasteiger partial charge < -0.3 is 10.0 Å². The summed E-state index contributed by atoms with van der Waals surface area (Å²) < 4.78 is 0. The molecule has 0 aliphatic heterocycles. The van der Waals surface area contributed by atoms with Crippen LogP contribution in [0.25, 0.3) is 11.1 Å². The number of carboxylic acids is 1. The van der Waals surface area contributed by atoms with E-state index in [1.54, 1.807) is 6.92 Å². The lowest BCUT2D eigenvalue weighted by Gasteiger charge is -2.30. The Hall–Kier alpha value is -3.89. The van der Waals surface area contributed by atoms with Crippen LogP contribution in [0.15, 0.2) is 103 Å². The molecule has 0 bridgehead atoms. The van der Waals surface area contributed by atoms with Crippen LogP contribution in [-0.2, 0) is 24.4 Å². The van der Waals surface area contributed by atoms with Crippen LogP contribution in [0.2, 0.25) is 0 Å². The Morgan fingerprint density at radius 2 is 1.26 bits per heavy atom. The molecule has 0 radical (unpaired) electrons. The largest absolute Gasteiger partial charge is 0.480 e. The average Bonchev–Trinajstić information content (AvgIpc) is 3.01. The monoisotopic (exact) mass is 562 g/mol. The van der Waals surface area contributed by atoms with Crippen molar-refractivity contribution in [1.29, 1.82) is 0 Å². The van der Waals surface area contributed by atoms with Crippen molar-refractivity contribution < 1.29 is 9.90 Å². The second-order valence-corrected chi connectivity index (χ2v) is 11.6. The molecule has 0 amide bonds. The Morgan fingerprint density at radius 3 is 1.83 bits per heavy atom. The number of benzene rings is 4. The number of hydrogen-bond donors (Lipinski definition) is 1. The molecule has 4 nitrogen and oxygen atoms in total. The van der Waals surface area contributed by atoms with Crippen LogP contribution in [0.4, 0.5) is 5.69 Å². The highest BCUT2D eigenvalue weighted by Gasteiger charge is 2.21. The van der Waals surface area contributed by atoms with Crippen molar-refractivity contribution in [1.82, 2.24) is 4.90 Å². The summed E-state index contributed by atoms with van der Waals surface area (Å²) in [6.07, 6.45) is 2.34. The van der Waals surface area contributed by atoms with E-state index in [0.29, 0.717) is 25.0 Å². The van der Waals surface area contributed by atoms with Crippen molar-refractivity contribution in [2.75, 3.05) is 4.90 Å². The van der Waals surface area contributed by atoms with E-state index < -0.39 is 12.0 Å². The van der Waals surface area contributed by atoms with Gasteiger partial charge in [-0.3, -0.25) is 9.69 Å². The summed E-state index contributed by atoms with van der Waals surface area (Å²) in [6, 6.07) is 36.4. The molecule has 4 aromatic carbocycles. The summed E-state index contributed by atoms with van der Waals surface area (Å²) in [7, 11) is 0. The molecule has 0 aliphatic rings. The summed E-state index contributed by atoms with van der Waals surface area (Å²) in [6.45, 7) is 12.8. The smallest absolute Gasteiger partial charge is 0.320 e. The quantitative estimate of drug-likeness (QED) is 0.166. The molecule has 0 spiro atoms. The first-order chi connectivity index (χ1) is 20.3. The van der Waals surface area contributed by atoms with E-state index in [1.165, 1.54) is 35.2 Å². The van der Waals surface area contributed by atoms with E-state index in [0.717, 1.165) is 23.2 Å². The van der Waals surface area contributed by atoms with Crippen molar-refractivity contribution >= 4 is 11.7 Å². The Balaban J connectivity index is 1.48. The van der Waals surface area contributed by atoms with E-state index >= 15 is 0 Å². The topological polar surface area (TPSA) is 43.8 Å². The standard InChI is InChI=1S/C38H46N2O2/c1-6-33(7-2)34-20-22-37(23-21-34)40(28(3)4)27-32-14-11-15-36(24-32)35-18-16-31(17-19-35)26-39(29(5)38(41)42)25-30-12-9-8-10-13-30/h8-24,28-29,33H,6-7,25-27H2,1-5H3,(H,41,42)/t29-/m0/s1. The third-order valence-corrected chi connectivity index (χ3v) is 8.39. The zero-order valence-corrected chi connectivity index (χ0v) is 25.8. The molecule has 0 saturated heterocycles. The maximum absolute atomic E-state index is 11.8. The predicted molar refractivity (Wildman–Crippen MR) is 176 cm³/mol. The lowest BCUT2D eigenvalue weighted by Crippen LogP contribution is -2.37. The second-order valence-electron chi connectivity index (χ2n) is 11.6. The van der Waals surface area contributed by atoms with E-state index in [-0.39, 0.29) is 0 Å². The third-order valence-electron chi connectivity index (χ3n) is 8.39. The molecule has 4 rings (SSSR count). The number of rotatable bonds is 14. The first-order valence-corrected chi connectivity index (χ1v) is 15.3. The number of hydrogen-bond acceptors (Lipinski definition) is 3. The van der Waals surface area contributed by atoms with Gasteiger partial charge in [-0.1, -0.05) is 98.8 Å². The molecule has 0 saturated carbocycles. The van der Waals surface area contributed by atoms with Gasteiger partial charge in [0.15, 0.2) is 0 Å². The van der Waals surface area contributed by atoms with Crippen LogP contribution < -0.4 is 4.90 Å². The van der Waals surface area contributed by atoms with Crippen LogP contribution in [-0.4, -0.2) is 28.1 Å². The van der Waals surface area contributed by atoms with Crippen molar-refractivity contribution in [2.24, 2.45) is 0 Å². The minimum Gasteiger partial charge on any atom is -0.480 e. The van der Waals surface area contributed by atoms with E-state index in [2.05, 4.69) is 105 Å². The van der Waals surface area contributed by atoms with Crippen LogP contribution in [0.1, 0.15) is 75.6 Å². The van der Waals surface area contributed by atoms with E-state index in [1.807, 2.05) is 35.2 Å². The molecule has 0 aromatic heterocycles. The molecule has 0 aliphatic carbocycles. The van der Waals surface area contributed by atoms with E-state index in [9.17, 15) is 9.90 Å². The lowest BCUT2D eigenvalue weighted by molar-refractivity contribution is -0.143. The van der Waals surface area contributed by atoms with Gasteiger partial charge in [0.1, 0.15) is 6.04 Å². The SMILES string of the molecule is CCC(CC)c1ccc(N(Cc2cccc(-c3ccc(CN(Cc4ccccc4)[C@@H](C)C(=O)O)cc3)c2)C(C)C)cc1. The number of anilines is 1. The minimum atomic E-state index is -0.808. The highest BCUT2D eigenvalue weighted by molar-refractivity contribution is 5.73. The number of carboxylic acid groups (broad SMARTS) is 1. The van der Waals surface area contributed by atoms with Gasteiger partial charge in [0.05, 0.1) is 0 Å². The van der Waals surface area contributed by atoms with Gasteiger partial charge in [-0.2, -0.15) is 0 Å². The van der Waals surface area contributed by atoms with Gasteiger partial charge in [0.2, 0.25) is 0 Å². The summed E-state index contributed by atoms with van der Waals surface area (Å²) in [5.74, 6) is -0.181. The van der Waals surface area contributed by atoms with Gasteiger partial charge >= 0.3 is 5.97 Å². The Kier molecular flexibility index (Phi) is 11.0. The summed E-state index contributed by atoms with van der Waals surface area (Å²) in [4.78, 5) is 16.3. The molecule has 4 heteroatoms. The highest BCUT2D eigenvalue weighted by Crippen LogP contribution is 2.28. The Morgan fingerprint density at radius 1 is 0.667 bits per heavy atom. The van der Waals surface area contributed by atoms with Crippen molar-refractivity contribution in [3.63, 3.8) is 0 Å². The van der Waals surface area contributed by atoms with Crippen LogP contribution in [0.5, 0.6) is 0 Å². The molecule has 1 N–H and O–H groups in total. The molecular formula is C38H46N2O2. The molecule has 0 fully saturated rings. The lowest BCUT2D eigenvalue weighted by atomic mass is 9.94. The van der Waals surface area contributed by atoms with Crippen molar-refractivity contribution in [2.45, 2.75) is 85.1 Å². The fourth-order valence-corrected chi connectivity index (χ4v) is 5.66. The number of nitrogens with zero attached hydrogens (tertiary/aromatic N) is 2. The van der Waals surface area contributed by atoms with Crippen LogP contribution >= 0.6 is 0 Å². The van der Waals surface area contributed by atoms with Crippen LogP contribution in [0.3, 0.4) is 0 Å². The fraction of sp³-hybridized carbons (Fsp3) is 0.342. The molecular weight excluding hydrogens is 516 g/mol. The molecule has 220 valence electrons. The van der Waals surface area contributed by atoms with Gasteiger partial charge in [0.25, 0.3) is 0 Å². The minimum absolute atomic E-state index is 0.374. The first-order valence-electron chi connectivity index (χ1n) is 15.3. The normalized spacial score (nSPS) is 12.2. The zero-order valence-electron chi connectivity index (χ0n) is 25.8. The van der Waals surface area contributed by atoms with Crippen LogP contribution in [0, 0.1) is 0 Å². The molecule has 0 unspecified atom stereocenters. The average molecular weight is 563 g/mol. The van der Waals surface area contributed by atoms with Crippen molar-refractivity contribution in [3.05, 3.63) is 125 Å². The number of aliphatic carboxylic acids is 1. The summed E-state index contributed by atoms with van der Waals surface area (Å²) in [5, 5.41) is 9.71. The van der Waals surface area contributed by atoms with Gasteiger partial charge in [-0.05, 0) is 91.1 Å². The fourth-order valence-electron chi connectivity index (χ4n) is 5.66. The van der Waals surface area contributed by atoms with Gasteiger partial charge in [-0.25, -0.2) is 0 Å². The molecule has 0 heterocycles. The third kappa shape index (κ3) is 8.10.